The minimum absolute atomic E-state index is 0.261. The molecular formula is C19H17FN4O3S. The van der Waals surface area contributed by atoms with Crippen LogP contribution in [0.15, 0.2) is 30.3 Å². The van der Waals surface area contributed by atoms with Crippen molar-refractivity contribution in [1.29, 1.82) is 0 Å². The van der Waals surface area contributed by atoms with Gasteiger partial charge in [-0.15, -0.1) is 11.3 Å². The summed E-state index contributed by atoms with van der Waals surface area (Å²) >= 11 is 1.36. The molecule has 2 aromatic heterocycles. The number of carbonyl (C=O) groups excluding carboxylic acids is 2. The molecule has 1 aliphatic carbocycles. The molecule has 0 spiro atoms. The number of aryl methyl sites for hydroxylation is 1. The number of halogens is 1. The highest BCUT2D eigenvalue weighted by molar-refractivity contribution is 7.16. The molecule has 1 unspecified atom stereocenters. The maximum atomic E-state index is 13.0. The van der Waals surface area contributed by atoms with E-state index in [2.05, 4.69) is 20.5 Å². The highest BCUT2D eigenvalue weighted by Crippen LogP contribution is 2.39. The first-order chi connectivity index (χ1) is 13.5. The number of benzene rings is 1. The molecule has 3 aromatic rings. The average molecular weight is 400 g/mol. The van der Waals surface area contributed by atoms with Crippen molar-refractivity contribution in [1.82, 2.24) is 15.2 Å². The highest BCUT2D eigenvalue weighted by atomic mass is 32.1. The van der Waals surface area contributed by atoms with Crippen molar-refractivity contribution in [3.8, 4) is 11.3 Å². The second-order valence-corrected chi connectivity index (χ2v) is 7.38. The van der Waals surface area contributed by atoms with Crippen LogP contribution in [0.1, 0.15) is 40.3 Å². The summed E-state index contributed by atoms with van der Waals surface area (Å²) in [5.74, 6) is -1.37. The Labute approximate surface area is 164 Å². The fourth-order valence-electron chi connectivity index (χ4n) is 3.12. The second kappa shape index (κ2) is 7.51. The Kier molecular flexibility index (Phi) is 4.91. The quantitative estimate of drug-likeness (QED) is 0.639. The topological polar surface area (TPSA) is 97.0 Å². The zero-order valence-electron chi connectivity index (χ0n) is 15.0. The molecule has 1 atom stereocenters. The molecule has 0 radical (unpaired) electrons. The van der Waals surface area contributed by atoms with Crippen molar-refractivity contribution in [2.75, 3.05) is 11.9 Å². The maximum absolute atomic E-state index is 13.0. The van der Waals surface area contributed by atoms with Gasteiger partial charge in [0, 0.05) is 10.4 Å². The van der Waals surface area contributed by atoms with Gasteiger partial charge >= 0.3 is 5.97 Å². The predicted molar refractivity (Wildman–Crippen MR) is 102 cm³/mol. The lowest BCUT2D eigenvalue weighted by molar-refractivity contribution is -0.145. The van der Waals surface area contributed by atoms with E-state index in [1.165, 1.54) is 23.5 Å². The first-order valence-corrected chi connectivity index (χ1v) is 9.65. The molecule has 2 heterocycles. The van der Waals surface area contributed by atoms with Crippen molar-refractivity contribution < 1.29 is 18.7 Å². The molecule has 2 N–H and O–H groups in total. The number of H-pyrrole nitrogens is 1. The molecule has 1 amide bonds. The molecule has 4 rings (SSSR count). The molecule has 1 aromatic carbocycles. The van der Waals surface area contributed by atoms with Gasteiger partial charge in [-0.3, -0.25) is 20.0 Å². The van der Waals surface area contributed by atoms with Gasteiger partial charge in [0.05, 0.1) is 18.0 Å². The molecule has 0 saturated carbocycles. The summed E-state index contributed by atoms with van der Waals surface area (Å²) in [4.78, 5) is 29.9. The smallest absolute Gasteiger partial charge is 0.315 e. The Hall–Kier alpha value is -3.07. The SMILES string of the molecule is CCOC(=O)C1CCc2sc(NC(=O)c3cc(-c4ccc(F)cc4)n[nH]3)nc21. The van der Waals surface area contributed by atoms with Gasteiger partial charge in [0.2, 0.25) is 0 Å². The van der Waals surface area contributed by atoms with E-state index >= 15 is 0 Å². The van der Waals surface area contributed by atoms with Crippen LogP contribution < -0.4 is 5.32 Å². The van der Waals surface area contributed by atoms with E-state index in [-0.39, 0.29) is 29.3 Å². The van der Waals surface area contributed by atoms with Gasteiger partial charge in [-0.2, -0.15) is 5.10 Å². The van der Waals surface area contributed by atoms with Crippen molar-refractivity contribution in [3.63, 3.8) is 0 Å². The number of rotatable bonds is 5. The first kappa shape index (κ1) is 18.3. The van der Waals surface area contributed by atoms with Crippen LogP contribution in [-0.2, 0) is 16.0 Å². The zero-order valence-corrected chi connectivity index (χ0v) is 15.8. The van der Waals surface area contributed by atoms with Crippen LogP contribution in [0.25, 0.3) is 11.3 Å². The number of hydrogen-bond donors (Lipinski definition) is 2. The van der Waals surface area contributed by atoms with Crippen LogP contribution in [0.2, 0.25) is 0 Å². The van der Waals surface area contributed by atoms with Gasteiger partial charge in [-0.1, -0.05) is 0 Å². The number of nitrogens with one attached hydrogen (secondary N) is 2. The van der Waals surface area contributed by atoms with Crippen molar-refractivity contribution >= 4 is 28.3 Å². The van der Waals surface area contributed by atoms with Crippen LogP contribution >= 0.6 is 11.3 Å². The molecule has 9 heteroatoms. The van der Waals surface area contributed by atoms with Crippen LogP contribution in [0.5, 0.6) is 0 Å². The summed E-state index contributed by atoms with van der Waals surface area (Å²) < 4.78 is 18.1. The third-order valence-electron chi connectivity index (χ3n) is 4.47. The minimum atomic E-state index is -0.388. The zero-order chi connectivity index (χ0) is 19.7. The number of nitrogens with zero attached hydrogens (tertiary/aromatic N) is 2. The summed E-state index contributed by atoms with van der Waals surface area (Å²) in [7, 11) is 0. The van der Waals surface area contributed by atoms with Gasteiger partial charge in [0.15, 0.2) is 5.13 Å². The number of aromatic nitrogens is 3. The summed E-state index contributed by atoms with van der Waals surface area (Å²) in [6.07, 6.45) is 1.42. The van der Waals surface area contributed by atoms with E-state index in [0.29, 0.717) is 35.1 Å². The third kappa shape index (κ3) is 3.53. The molecule has 1 aliphatic rings. The van der Waals surface area contributed by atoms with E-state index in [9.17, 15) is 14.0 Å². The van der Waals surface area contributed by atoms with Crippen LogP contribution in [0.4, 0.5) is 9.52 Å². The summed E-state index contributed by atoms with van der Waals surface area (Å²) in [6.45, 7) is 2.10. The van der Waals surface area contributed by atoms with E-state index in [1.54, 1.807) is 25.1 Å². The number of amides is 1. The van der Waals surface area contributed by atoms with E-state index < -0.39 is 0 Å². The number of thiazole rings is 1. The lowest BCUT2D eigenvalue weighted by Crippen LogP contribution is -2.15. The summed E-state index contributed by atoms with van der Waals surface area (Å²) in [6, 6.07) is 7.44. The first-order valence-electron chi connectivity index (χ1n) is 8.84. The van der Waals surface area contributed by atoms with Crippen LogP contribution in [0.3, 0.4) is 0 Å². The van der Waals surface area contributed by atoms with Gasteiger partial charge < -0.3 is 4.74 Å². The minimum Gasteiger partial charge on any atom is -0.465 e. The van der Waals surface area contributed by atoms with Gasteiger partial charge in [0.25, 0.3) is 5.91 Å². The number of anilines is 1. The standard InChI is InChI=1S/C19H17FN4O3S/c1-2-27-18(26)12-7-8-15-16(12)21-19(28-15)22-17(25)14-9-13(23-24-14)10-3-5-11(20)6-4-10/h3-6,9,12H,2,7-8H2,1H3,(H,23,24)(H,21,22,25). The van der Waals surface area contributed by atoms with E-state index in [4.69, 9.17) is 4.74 Å². The lowest BCUT2D eigenvalue weighted by Gasteiger charge is -2.07. The Morgan fingerprint density at radius 3 is 2.89 bits per heavy atom. The predicted octanol–water partition coefficient (Wildman–Crippen LogP) is 3.52. The molecule has 0 fully saturated rings. The largest absolute Gasteiger partial charge is 0.465 e. The maximum Gasteiger partial charge on any atom is 0.315 e. The number of carbonyl (C=O) groups is 2. The molecule has 0 aliphatic heterocycles. The number of ether oxygens (including phenoxy) is 1. The monoisotopic (exact) mass is 400 g/mol. The van der Waals surface area contributed by atoms with Crippen molar-refractivity contribution in [2.45, 2.75) is 25.7 Å². The number of aromatic amines is 1. The number of esters is 1. The lowest BCUT2D eigenvalue weighted by atomic mass is 10.1. The molecule has 0 bridgehead atoms. The average Bonchev–Trinajstić information content (AvgIpc) is 3.37. The molecule has 144 valence electrons. The number of fused-ring (bicyclic) bond motifs is 1. The number of hydrogen-bond acceptors (Lipinski definition) is 6. The fraction of sp³-hybridized carbons (Fsp3) is 0.263. The van der Waals surface area contributed by atoms with Gasteiger partial charge in [-0.25, -0.2) is 9.37 Å². The normalized spacial score (nSPS) is 15.3. The fourth-order valence-corrected chi connectivity index (χ4v) is 4.16. The Morgan fingerprint density at radius 1 is 1.36 bits per heavy atom. The Bertz CT molecular complexity index is 1030. The molecule has 0 saturated heterocycles. The van der Waals surface area contributed by atoms with Gasteiger partial charge in [0.1, 0.15) is 17.4 Å². The van der Waals surface area contributed by atoms with Crippen LogP contribution in [0, 0.1) is 5.82 Å². The summed E-state index contributed by atoms with van der Waals surface area (Å²) in [5, 5.41) is 9.95. The van der Waals surface area contributed by atoms with E-state index in [1.807, 2.05) is 0 Å². The Balaban J connectivity index is 1.47. The Morgan fingerprint density at radius 2 is 2.14 bits per heavy atom. The third-order valence-corrected chi connectivity index (χ3v) is 5.52. The molecule has 7 nitrogen and oxygen atoms in total. The van der Waals surface area contributed by atoms with E-state index in [0.717, 1.165) is 11.3 Å². The van der Waals surface area contributed by atoms with Crippen LogP contribution in [-0.4, -0.2) is 33.7 Å². The van der Waals surface area contributed by atoms with Crippen molar-refractivity contribution in [2.24, 2.45) is 0 Å². The molecule has 28 heavy (non-hydrogen) atoms. The summed E-state index contributed by atoms with van der Waals surface area (Å²) in [5.41, 5.74) is 2.18. The highest BCUT2D eigenvalue weighted by Gasteiger charge is 2.33. The molecular weight excluding hydrogens is 383 g/mol. The van der Waals surface area contributed by atoms with Crippen molar-refractivity contribution in [3.05, 3.63) is 52.4 Å². The van der Waals surface area contributed by atoms with Gasteiger partial charge in [-0.05, 0) is 50.1 Å². The second-order valence-electron chi connectivity index (χ2n) is 6.30.